The zero-order valence-electron chi connectivity index (χ0n) is 9.16. The van der Waals surface area contributed by atoms with Crippen LogP contribution >= 0.6 is 0 Å². The summed E-state index contributed by atoms with van der Waals surface area (Å²) in [6.07, 6.45) is 7.60. The fourth-order valence-corrected chi connectivity index (χ4v) is 1.44. The predicted octanol–water partition coefficient (Wildman–Crippen LogP) is 2.92. The average Bonchev–Trinajstić information content (AvgIpc) is 2.25. The third kappa shape index (κ3) is 3.88. The molecule has 2 heteroatoms. The molecule has 1 heterocycles. The van der Waals surface area contributed by atoms with E-state index < -0.39 is 0 Å². The summed E-state index contributed by atoms with van der Waals surface area (Å²) in [5.41, 5.74) is 1.27. The van der Waals surface area contributed by atoms with Crippen LogP contribution in [0, 0.1) is 0 Å². The van der Waals surface area contributed by atoms with Gasteiger partial charge in [0.2, 0.25) is 0 Å². The Bertz CT molecular complexity index is 233. The zero-order valence-corrected chi connectivity index (χ0v) is 9.16. The van der Waals surface area contributed by atoms with E-state index in [-0.39, 0.29) is 0 Å². The molecule has 1 rings (SSSR count). The van der Waals surface area contributed by atoms with Gasteiger partial charge in [0, 0.05) is 18.4 Å². The molecule has 0 saturated carbocycles. The monoisotopic (exact) mass is 192 g/mol. The van der Waals surface area contributed by atoms with Crippen molar-refractivity contribution < 1.29 is 0 Å². The van der Waals surface area contributed by atoms with E-state index in [0.717, 1.165) is 6.54 Å². The SMILES string of the molecule is CCCCCN[C@@H](C)c1cccnc1. The van der Waals surface area contributed by atoms with E-state index in [2.05, 4.69) is 30.2 Å². The van der Waals surface area contributed by atoms with Crippen LogP contribution in [0.15, 0.2) is 24.5 Å². The van der Waals surface area contributed by atoms with Crippen LogP contribution < -0.4 is 5.32 Å². The average molecular weight is 192 g/mol. The van der Waals surface area contributed by atoms with Gasteiger partial charge in [-0.05, 0) is 31.5 Å². The van der Waals surface area contributed by atoms with E-state index in [1.54, 1.807) is 0 Å². The second-order valence-electron chi connectivity index (χ2n) is 3.67. The van der Waals surface area contributed by atoms with Gasteiger partial charge in [-0.1, -0.05) is 25.8 Å². The maximum Gasteiger partial charge on any atom is 0.0315 e. The summed E-state index contributed by atoms with van der Waals surface area (Å²) in [6, 6.07) is 4.52. The minimum atomic E-state index is 0.417. The normalized spacial score (nSPS) is 12.7. The molecule has 1 N–H and O–H groups in total. The maximum absolute atomic E-state index is 4.11. The minimum Gasteiger partial charge on any atom is -0.310 e. The summed E-state index contributed by atoms with van der Waals surface area (Å²) in [5.74, 6) is 0. The molecule has 0 aliphatic carbocycles. The summed E-state index contributed by atoms with van der Waals surface area (Å²) in [5, 5.41) is 3.49. The van der Waals surface area contributed by atoms with Crippen LogP contribution in [0.5, 0.6) is 0 Å². The molecule has 14 heavy (non-hydrogen) atoms. The van der Waals surface area contributed by atoms with Gasteiger partial charge in [0.25, 0.3) is 0 Å². The molecule has 1 aromatic heterocycles. The Balaban J connectivity index is 2.25. The Morgan fingerprint density at radius 2 is 2.29 bits per heavy atom. The standard InChI is InChI=1S/C12H20N2/c1-3-4-5-9-14-11(2)12-7-6-8-13-10-12/h6-8,10-11,14H,3-5,9H2,1-2H3/t11-/m0/s1. The molecular formula is C12H20N2. The fraction of sp³-hybridized carbons (Fsp3) is 0.583. The van der Waals surface area contributed by atoms with Gasteiger partial charge in [-0.3, -0.25) is 4.98 Å². The van der Waals surface area contributed by atoms with E-state index in [1.807, 2.05) is 18.5 Å². The Hall–Kier alpha value is -0.890. The Kier molecular flexibility index (Phi) is 5.23. The van der Waals surface area contributed by atoms with Crippen molar-refractivity contribution in [2.75, 3.05) is 6.54 Å². The molecule has 1 aromatic rings. The van der Waals surface area contributed by atoms with Crippen molar-refractivity contribution >= 4 is 0 Å². The lowest BCUT2D eigenvalue weighted by molar-refractivity contribution is 0.543. The van der Waals surface area contributed by atoms with Crippen molar-refractivity contribution in [1.82, 2.24) is 10.3 Å². The molecule has 1 atom stereocenters. The minimum absolute atomic E-state index is 0.417. The van der Waals surface area contributed by atoms with Crippen LogP contribution in [0.2, 0.25) is 0 Å². The molecule has 0 aromatic carbocycles. The molecule has 0 spiro atoms. The van der Waals surface area contributed by atoms with Crippen molar-refractivity contribution in [3.8, 4) is 0 Å². The number of nitrogens with zero attached hydrogens (tertiary/aromatic N) is 1. The van der Waals surface area contributed by atoms with Crippen molar-refractivity contribution in [1.29, 1.82) is 0 Å². The summed E-state index contributed by atoms with van der Waals surface area (Å²) in [7, 11) is 0. The number of aromatic nitrogens is 1. The Labute approximate surface area is 86.8 Å². The number of hydrogen-bond donors (Lipinski definition) is 1. The lowest BCUT2D eigenvalue weighted by Gasteiger charge is -2.13. The Morgan fingerprint density at radius 3 is 2.93 bits per heavy atom. The predicted molar refractivity (Wildman–Crippen MR) is 60.2 cm³/mol. The van der Waals surface area contributed by atoms with E-state index in [0.29, 0.717) is 6.04 Å². The summed E-state index contributed by atoms with van der Waals surface area (Å²) in [4.78, 5) is 4.11. The van der Waals surface area contributed by atoms with Crippen molar-refractivity contribution in [2.45, 2.75) is 39.2 Å². The van der Waals surface area contributed by atoms with Crippen LogP contribution in [0.4, 0.5) is 0 Å². The lowest BCUT2D eigenvalue weighted by Crippen LogP contribution is -2.19. The maximum atomic E-state index is 4.11. The molecule has 78 valence electrons. The first-order valence-electron chi connectivity index (χ1n) is 5.48. The smallest absolute Gasteiger partial charge is 0.0315 e. The molecule has 0 fully saturated rings. The number of pyridine rings is 1. The van der Waals surface area contributed by atoms with Gasteiger partial charge in [-0.15, -0.1) is 0 Å². The van der Waals surface area contributed by atoms with Gasteiger partial charge in [0.1, 0.15) is 0 Å². The zero-order chi connectivity index (χ0) is 10.2. The quantitative estimate of drug-likeness (QED) is 0.701. The summed E-state index contributed by atoms with van der Waals surface area (Å²) < 4.78 is 0. The van der Waals surface area contributed by atoms with E-state index in [4.69, 9.17) is 0 Å². The highest BCUT2D eigenvalue weighted by molar-refractivity contribution is 5.12. The van der Waals surface area contributed by atoms with E-state index in [1.165, 1.54) is 24.8 Å². The largest absolute Gasteiger partial charge is 0.310 e. The van der Waals surface area contributed by atoms with Gasteiger partial charge in [0.15, 0.2) is 0 Å². The molecule has 0 aliphatic rings. The lowest BCUT2D eigenvalue weighted by atomic mass is 10.1. The molecule has 0 unspecified atom stereocenters. The molecule has 0 bridgehead atoms. The van der Waals surface area contributed by atoms with Crippen LogP contribution in [-0.4, -0.2) is 11.5 Å². The number of nitrogens with one attached hydrogen (secondary N) is 1. The first kappa shape index (κ1) is 11.2. The first-order chi connectivity index (χ1) is 6.84. The molecule has 0 radical (unpaired) electrons. The summed E-state index contributed by atoms with van der Waals surface area (Å²) in [6.45, 7) is 5.51. The summed E-state index contributed by atoms with van der Waals surface area (Å²) >= 11 is 0. The highest BCUT2D eigenvalue weighted by Crippen LogP contribution is 2.09. The first-order valence-corrected chi connectivity index (χ1v) is 5.48. The molecule has 2 nitrogen and oxygen atoms in total. The Morgan fingerprint density at radius 1 is 1.43 bits per heavy atom. The van der Waals surface area contributed by atoms with Crippen LogP contribution in [0.25, 0.3) is 0 Å². The van der Waals surface area contributed by atoms with Gasteiger partial charge < -0.3 is 5.32 Å². The van der Waals surface area contributed by atoms with Crippen LogP contribution in [0.3, 0.4) is 0 Å². The van der Waals surface area contributed by atoms with Gasteiger partial charge in [0.05, 0.1) is 0 Å². The molecular weight excluding hydrogens is 172 g/mol. The van der Waals surface area contributed by atoms with Crippen LogP contribution in [-0.2, 0) is 0 Å². The molecule has 0 saturated heterocycles. The number of unbranched alkanes of at least 4 members (excludes halogenated alkanes) is 2. The number of hydrogen-bond acceptors (Lipinski definition) is 2. The van der Waals surface area contributed by atoms with Gasteiger partial charge in [-0.25, -0.2) is 0 Å². The third-order valence-electron chi connectivity index (χ3n) is 2.42. The van der Waals surface area contributed by atoms with Gasteiger partial charge >= 0.3 is 0 Å². The third-order valence-corrected chi connectivity index (χ3v) is 2.42. The second kappa shape index (κ2) is 6.55. The highest BCUT2D eigenvalue weighted by atomic mass is 14.9. The van der Waals surface area contributed by atoms with Crippen LogP contribution in [0.1, 0.15) is 44.7 Å². The van der Waals surface area contributed by atoms with Gasteiger partial charge in [-0.2, -0.15) is 0 Å². The highest BCUT2D eigenvalue weighted by Gasteiger charge is 2.02. The van der Waals surface area contributed by atoms with Crippen molar-refractivity contribution in [3.05, 3.63) is 30.1 Å². The van der Waals surface area contributed by atoms with Crippen molar-refractivity contribution in [3.63, 3.8) is 0 Å². The fourth-order valence-electron chi connectivity index (χ4n) is 1.44. The topological polar surface area (TPSA) is 24.9 Å². The van der Waals surface area contributed by atoms with E-state index >= 15 is 0 Å². The molecule has 0 amide bonds. The van der Waals surface area contributed by atoms with Crippen molar-refractivity contribution in [2.24, 2.45) is 0 Å². The number of rotatable bonds is 6. The van der Waals surface area contributed by atoms with E-state index in [9.17, 15) is 0 Å². The second-order valence-corrected chi connectivity index (χ2v) is 3.67. The molecule has 0 aliphatic heterocycles.